The van der Waals surface area contributed by atoms with Crippen molar-refractivity contribution < 1.29 is 4.39 Å². The lowest BCUT2D eigenvalue weighted by Crippen LogP contribution is -2.19. The summed E-state index contributed by atoms with van der Waals surface area (Å²) in [5, 5.41) is 0. The van der Waals surface area contributed by atoms with Crippen molar-refractivity contribution in [1.82, 2.24) is 19.3 Å². The van der Waals surface area contributed by atoms with E-state index in [9.17, 15) is 4.39 Å². The van der Waals surface area contributed by atoms with Gasteiger partial charge in [-0.2, -0.15) is 0 Å². The van der Waals surface area contributed by atoms with Gasteiger partial charge in [0.1, 0.15) is 13.7 Å². The van der Waals surface area contributed by atoms with Gasteiger partial charge in [-0.1, -0.05) is 31.4 Å². The van der Waals surface area contributed by atoms with Gasteiger partial charge in [0.15, 0.2) is 0 Å². The second-order valence-electron chi connectivity index (χ2n) is 10.2. The molecule has 2 radical (unpaired) electrons. The van der Waals surface area contributed by atoms with Gasteiger partial charge in [-0.3, -0.25) is 9.37 Å². The monoisotopic (exact) mass is 576 g/mol. The summed E-state index contributed by atoms with van der Waals surface area (Å²) in [6.07, 6.45) is 10.7. The molecule has 4 aromatic rings. The number of amidine groups is 1. The third-order valence-electron chi connectivity index (χ3n) is 6.68. The number of nitrogens with one attached hydrogen (secondary N) is 1. The topological polar surface area (TPSA) is 58.3 Å². The second kappa shape index (κ2) is 13.1. The highest BCUT2D eigenvalue weighted by Crippen LogP contribution is 2.33. The zero-order chi connectivity index (χ0) is 30.4. The summed E-state index contributed by atoms with van der Waals surface area (Å²) < 4.78 is 20.1. The van der Waals surface area contributed by atoms with E-state index in [2.05, 4.69) is 51.9 Å². The Bertz CT molecular complexity index is 1650. The van der Waals surface area contributed by atoms with E-state index in [0.717, 1.165) is 55.8 Å². The number of rotatable bonds is 10. The second-order valence-corrected chi connectivity index (χ2v) is 11.1. The van der Waals surface area contributed by atoms with E-state index in [1.165, 1.54) is 18.9 Å². The number of aliphatic imine (C=N–C) groups is 1. The maximum atomic E-state index is 14.9. The van der Waals surface area contributed by atoms with Crippen molar-refractivity contribution in [2.45, 2.75) is 38.2 Å². The number of benzene rings is 2. The van der Waals surface area contributed by atoms with Crippen LogP contribution in [0, 0.1) is 13.8 Å². The number of allylic oxidation sites excluding steroid dienone is 2. The van der Waals surface area contributed by atoms with Gasteiger partial charge in [-0.25, -0.2) is 9.98 Å². The summed E-state index contributed by atoms with van der Waals surface area (Å²) >= 11 is 1.47. The zero-order valence-corrected chi connectivity index (χ0v) is 25.4. The maximum Gasteiger partial charge on any atom is 0.127 e. The van der Waals surface area contributed by atoms with E-state index in [4.69, 9.17) is 7.85 Å². The fraction of sp³-hybridized carbons (Fsp3) is 0.182. The third kappa shape index (κ3) is 7.67. The van der Waals surface area contributed by atoms with E-state index in [-0.39, 0.29) is 0 Å². The minimum absolute atomic E-state index is 0.359. The highest BCUT2D eigenvalue weighted by molar-refractivity contribution is 7.98. The lowest BCUT2D eigenvalue weighted by molar-refractivity contribution is 0.313. The number of hydrogen-bond donors (Lipinski definition) is 1. The van der Waals surface area contributed by atoms with E-state index < -0.39 is 5.57 Å². The molecule has 1 atom stereocenters. The number of pyridine rings is 1. The summed E-state index contributed by atoms with van der Waals surface area (Å²) in [4.78, 5) is 15.9. The molecule has 4 rings (SSSR count). The van der Waals surface area contributed by atoms with Crippen LogP contribution >= 0.6 is 11.9 Å². The molecule has 1 unspecified atom stereocenters. The lowest BCUT2D eigenvalue weighted by atomic mass is 9.79. The molecule has 0 aliphatic heterocycles. The molecule has 2 aromatic carbocycles. The van der Waals surface area contributed by atoms with Crippen LogP contribution in [0.25, 0.3) is 17.0 Å². The molecule has 42 heavy (non-hydrogen) atoms. The molecule has 0 amide bonds. The number of aromatic nitrogens is 3. The smallest absolute Gasteiger partial charge is 0.127 e. The van der Waals surface area contributed by atoms with Crippen LogP contribution in [0.2, 0.25) is 0 Å². The van der Waals surface area contributed by atoms with Crippen LogP contribution in [0.5, 0.6) is 0 Å². The quantitative estimate of drug-likeness (QED) is 0.0695. The molecule has 1 N–H and O–H groups in total. The Morgan fingerprint density at radius 2 is 1.95 bits per heavy atom. The van der Waals surface area contributed by atoms with E-state index in [0.29, 0.717) is 5.56 Å². The SMILES string of the molecule is [B]C(C)(F)c1cc(N(C)C(=C)c2ccc(C)c(SNC(C)=N/C=C\C(=C)c3cccnc3)c2)cc(-n2cnc(C)c2)c1. The Balaban J connectivity index is 1.50. The van der Waals surface area contributed by atoms with Gasteiger partial charge in [0.2, 0.25) is 0 Å². The molecule has 6 nitrogen and oxygen atoms in total. The summed E-state index contributed by atoms with van der Waals surface area (Å²) in [7, 11) is 7.77. The lowest BCUT2D eigenvalue weighted by Gasteiger charge is -2.26. The Kier molecular flexibility index (Phi) is 9.53. The standard InChI is InChI=1S/C33H34BFN6S/c1-22(28-9-8-13-36-19-28)12-14-37-26(5)39-42-32-15-27(11-10-23(32)2)25(4)40(7)30-16-29(33(6,34)35)17-31(18-30)41-20-24(3)38-21-41/h8-21H,1,4H2,2-3,5-7H3,(H,37,39)/b14-12-. The van der Waals surface area contributed by atoms with Crippen molar-refractivity contribution in [2.24, 2.45) is 4.99 Å². The first-order chi connectivity index (χ1) is 19.9. The van der Waals surface area contributed by atoms with Crippen LogP contribution in [0.15, 0.2) is 109 Å². The van der Waals surface area contributed by atoms with Crippen LogP contribution in [-0.2, 0) is 5.57 Å². The van der Waals surface area contributed by atoms with E-state index >= 15 is 0 Å². The Morgan fingerprint density at radius 1 is 1.17 bits per heavy atom. The van der Waals surface area contributed by atoms with Gasteiger partial charge in [-0.05, 0) is 104 Å². The van der Waals surface area contributed by atoms with Gasteiger partial charge < -0.3 is 14.2 Å². The van der Waals surface area contributed by atoms with Crippen molar-refractivity contribution in [1.29, 1.82) is 0 Å². The van der Waals surface area contributed by atoms with Gasteiger partial charge in [0, 0.05) is 53.8 Å². The molecule has 9 heteroatoms. The molecule has 0 saturated carbocycles. The number of anilines is 1. The molecule has 0 saturated heterocycles. The van der Waals surface area contributed by atoms with Crippen molar-refractivity contribution in [3.05, 3.63) is 127 Å². The van der Waals surface area contributed by atoms with Crippen LogP contribution in [-0.4, -0.2) is 35.3 Å². The Morgan fingerprint density at radius 3 is 2.62 bits per heavy atom. The van der Waals surface area contributed by atoms with Crippen LogP contribution in [0.3, 0.4) is 0 Å². The normalized spacial score (nSPS) is 13.1. The summed E-state index contributed by atoms with van der Waals surface area (Å²) in [6, 6.07) is 15.4. The number of imidazole rings is 1. The summed E-state index contributed by atoms with van der Waals surface area (Å²) in [6.45, 7) is 15.6. The molecule has 0 fully saturated rings. The first-order valence-corrected chi connectivity index (χ1v) is 14.1. The van der Waals surface area contributed by atoms with Gasteiger partial charge in [0.05, 0.1) is 17.6 Å². The molecule has 212 valence electrons. The van der Waals surface area contributed by atoms with Gasteiger partial charge in [-0.15, -0.1) is 0 Å². The largest absolute Gasteiger partial charge is 0.345 e. The highest BCUT2D eigenvalue weighted by Gasteiger charge is 2.21. The number of aryl methyl sites for hydroxylation is 2. The number of halogens is 1. The van der Waals surface area contributed by atoms with Crippen LogP contribution in [0.1, 0.15) is 41.8 Å². The van der Waals surface area contributed by atoms with Crippen molar-refractivity contribution in [2.75, 3.05) is 11.9 Å². The van der Waals surface area contributed by atoms with Gasteiger partial charge >= 0.3 is 0 Å². The predicted molar refractivity (Wildman–Crippen MR) is 176 cm³/mol. The van der Waals surface area contributed by atoms with Gasteiger partial charge in [0.25, 0.3) is 0 Å². The molecular weight excluding hydrogens is 542 g/mol. The summed E-state index contributed by atoms with van der Waals surface area (Å²) in [5.74, 6) is 0.742. The summed E-state index contributed by atoms with van der Waals surface area (Å²) in [5.41, 5.74) is 5.29. The van der Waals surface area contributed by atoms with Crippen molar-refractivity contribution in [3.63, 3.8) is 0 Å². The van der Waals surface area contributed by atoms with Crippen LogP contribution < -0.4 is 9.62 Å². The average Bonchev–Trinajstić information content (AvgIpc) is 3.42. The Hall–Kier alpha value is -4.37. The molecule has 0 aliphatic carbocycles. The van der Waals surface area contributed by atoms with E-state index in [1.54, 1.807) is 37.1 Å². The third-order valence-corrected chi connectivity index (χ3v) is 7.73. The minimum atomic E-state index is -2.01. The first-order valence-electron chi connectivity index (χ1n) is 13.3. The number of alkyl halides is 1. The zero-order valence-electron chi connectivity index (χ0n) is 24.6. The molecular formula is C33H34BFN6S. The molecule has 0 aliphatic rings. The number of nitrogens with zero attached hydrogens (tertiary/aromatic N) is 5. The molecule has 2 heterocycles. The Labute approximate surface area is 253 Å². The molecule has 2 aromatic heterocycles. The van der Waals surface area contributed by atoms with Crippen LogP contribution in [0.4, 0.5) is 10.1 Å². The maximum absolute atomic E-state index is 14.9. The van der Waals surface area contributed by atoms with Crippen molar-refractivity contribution in [3.8, 4) is 5.69 Å². The molecule has 0 spiro atoms. The van der Waals surface area contributed by atoms with Crippen molar-refractivity contribution >= 4 is 42.6 Å². The van der Waals surface area contributed by atoms with E-state index in [1.807, 2.05) is 66.9 Å². The minimum Gasteiger partial charge on any atom is -0.345 e. The highest BCUT2D eigenvalue weighted by atomic mass is 32.2. The first kappa shape index (κ1) is 30.6. The molecule has 0 bridgehead atoms. The predicted octanol–water partition coefficient (Wildman–Crippen LogP) is 7.54. The number of hydrogen-bond acceptors (Lipinski definition) is 5. The average molecular weight is 577 g/mol. The fourth-order valence-corrected chi connectivity index (χ4v) is 4.79. The fourth-order valence-electron chi connectivity index (χ4n) is 4.06.